The van der Waals surface area contributed by atoms with Gasteiger partial charge in [-0.25, -0.2) is 10.2 Å². The Morgan fingerprint density at radius 3 is 2.66 bits per heavy atom. The number of hydrazone groups is 1. The van der Waals surface area contributed by atoms with Crippen LogP contribution in [-0.4, -0.2) is 24.9 Å². The zero-order valence-electron chi connectivity index (χ0n) is 16.7. The van der Waals surface area contributed by atoms with Crippen molar-refractivity contribution in [2.24, 2.45) is 5.10 Å². The molecular formula is C24H17BrN2O5. The van der Waals surface area contributed by atoms with Crippen molar-refractivity contribution >= 4 is 40.1 Å². The van der Waals surface area contributed by atoms with E-state index >= 15 is 0 Å². The molecule has 8 heteroatoms. The van der Waals surface area contributed by atoms with Gasteiger partial charge in [-0.2, -0.15) is 5.10 Å². The average molecular weight is 493 g/mol. The second-order valence-electron chi connectivity index (χ2n) is 6.61. The third-order valence-corrected chi connectivity index (χ3v) is 4.89. The number of nitrogens with one attached hydrogen (secondary N) is 1. The quantitative estimate of drug-likeness (QED) is 0.179. The normalized spacial score (nSPS) is 12.3. The number of carbonyl (C=O) groups excluding carboxylic acids is 2. The molecular weight excluding hydrogens is 476 g/mol. The van der Waals surface area contributed by atoms with E-state index < -0.39 is 11.9 Å². The highest BCUT2D eigenvalue weighted by Crippen LogP contribution is 2.32. The Kier molecular flexibility index (Phi) is 6.62. The van der Waals surface area contributed by atoms with E-state index in [0.717, 1.165) is 10.0 Å². The van der Waals surface area contributed by atoms with Crippen LogP contribution in [0.15, 0.2) is 82.4 Å². The van der Waals surface area contributed by atoms with Gasteiger partial charge < -0.3 is 14.2 Å². The molecule has 3 aromatic carbocycles. The molecule has 0 saturated carbocycles. The van der Waals surface area contributed by atoms with Crippen LogP contribution in [0.4, 0.5) is 0 Å². The minimum Gasteiger partial charge on any atom is -0.454 e. The molecule has 3 aromatic rings. The van der Waals surface area contributed by atoms with Crippen molar-refractivity contribution in [3.63, 3.8) is 0 Å². The van der Waals surface area contributed by atoms with E-state index in [4.69, 9.17) is 14.2 Å². The molecule has 0 aliphatic carbocycles. The van der Waals surface area contributed by atoms with Gasteiger partial charge in [0.2, 0.25) is 6.79 Å². The van der Waals surface area contributed by atoms with Crippen molar-refractivity contribution in [3.05, 3.63) is 94.0 Å². The number of hydrogen-bond donors (Lipinski definition) is 1. The molecule has 0 atom stereocenters. The summed E-state index contributed by atoms with van der Waals surface area (Å²) in [6.07, 6.45) is 4.42. The maximum Gasteiger partial charge on any atom is 0.336 e. The first-order chi connectivity index (χ1) is 15.6. The molecule has 1 heterocycles. The molecule has 0 fully saturated rings. The highest BCUT2D eigenvalue weighted by molar-refractivity contribution is 9.10. The standard InChI is InChI=1S/C24H17BrN2O5/c25-19-8-10-20(32-23(28)11-6-16-4-2-1-3-5-16)18(12-19)14-26-27-24(29)17-7-9-21-22(13-17)31-15-30-21/h1-14H,15H2,(H,27,29). The summed E-state index contributed by atoms with van der Waals surface area (Å²) in [5.74, 6) is 0.449. The lowest BCUT2D eigenvalue weighted by molar-refractivity contribution is -0.128. The molecule has 1 aliphatic rings. The lowest BCUT2D eigenvalue weighted by Gasteiger charge is -2.06. The molecule has 0 radical (unpaired) electrons. The maximum absolute atomic E-state index is 12.4. The summed E-state index contributed by atoms with van der Waals surface area (Å²) in [6.45, 7) is 0.128. The first kappa shape index (κ1) is 21.3. The van der Waals surface area contributed by atoms with Crippen molar-refractivity contribution in [2.75, 3.05) is 6.79 Å². The number of nitrogens with zero attached hydrogens (tertiary/aromatic N) is 1. The number of benzene rings is 3. The Morgan fingerprint density at radius 1 is 1.00 bits per heavy atom. The minimum atomic E-state index is -0.532. The number of fused-ring (bicyclic) bond motifs is 1. The number of rotatable bonds is 6. The second-order valence-corrected chi connectivity index (χ2v) is 7.53. The van der Waals surface area contributed by atoms with E-state index in [1.807, 2.05) is 30.3 Å². The van der Waals surface area contributed by atoms with Crippen LogP contribution in [0.3, 0.4) is 0 Å². The van der Waals surface area contributed by atoms with E-state index in [1.54, 1.807) is 42.5 Å². The summed E-state index contributed by atoms with van der Waals surface area (Å²) in [5, 5.41) is 3.99. The van der Waals surface area contributed by atoms with Gasteiger partial charge in [0.05, 0.1) is 6.21 Å². The number of ether oxygens (including phenoxy) is 3. The van der Waals surface area contributed by atoms with Crippen molar-refractivity contribution in [1.82, 2.24) is 5.43 Å². The fourth-order valence-corrected chi connectivity index (χ4v) is 3.23. The molecule has 4 rings (SSSR count). The monoisotopic (exact) mass is 492 g/mol. The summed E-state index contributed by atoms with van der Waals surface area (Å²) < 4.78 is 16.7. The van der Waals surface area contributed by atoms with Crippen LogP contribution in [0.1, 0.15) is 21.5 Å². The summed E-state index contributed by atoms with van der Waals surface area (Å²) >= 11 is 3.38. The molecule has 0 unspecified atom stereocenters. The number of esters is 1. The molecule has 1 N–H and O–H groups in total. The van der Waals surface area contributed by atoms with Gasteiger partial charge in [-0.05, 0) is 48.0 Å². The minimum absolute atomic E-state index is 0.128. The number of carbonyl (C=O) groups is 2. The molecule has 0 aromatic heterocycles. The zero-order valence-corrected chi connectivity index (χ0v) is 18.2. The molecule has 0 saturated heterocycles. The summed E-state index contributed by atoms with van der Waals surface area (Å²) in [6, 6.07) is 19.4. The lowest BCUT2D eigenvalue weighted by atomic mass is 10.2. The first-order valence-electron chi connectivity index (χ1n) is 9.56. The Labute approximate surface area is 192 Å². The highest BCUT2D eigenvalue weighted by Gasteiger charge is 2.16. The first-order valence-corrected chi connectivity index (χ1v) is 10.4. The molecule has 7 nitrogen and oxygen atoms in total. The van der Waals surface area contributed by atoms with Crippen LogP contribution in [0.5, 0.6) is 17.2 Å². The van der Waals surface area contributed by atoms with Crippen LogP contribution in [0.25, 0.3) is 6.08 Å². The fraction of sp³-hybridized carbons (Fsp3) is 0.0417. The molecule has 0 bridgehead atoms. The molecule has 32 heavy (non-hydrogen) atoms. The van der Waals surface area contributed by atoms with Crippen LogP contribution in [0.2, 0.25) is 0 Å². The van der Waals surface area contributed by atoms with Crippen molar-refractivity contribution in [3.8, 4) is 17.2 Å². The number of hydrogen-bond acceptors (Lipinski definition) is 6. The topological polar surface area (TPSA) is 86.2 Å². The van der Waals surface area contributed by atoms with Gasteiger partial charge in [0.25, 0.3) is 5.91 Å². The molecule has 160 valence electrons. The Bertz CT molecular complexity index is 1210. The smallest absolute Gasteiger partial charge is 0.336 e. The van der Waals surface area contributed by atoms with E-state index in [9.17, 15) is 9.59 Å². The SMILES string of the molecule is O=C(C=Cc1ccccc1)Oc1ccc(Br)cc1C=NNC(=O)c1ccc2c(c1)OCO2. The van der Waals surface area contributed by atoms with Crippen LogP contribution in [-0.2, 0) is 4.79 Å². The summed E-state index contributed by atoms with van der Waals surface area (Å²) in [5.41, 5.74) is 4.21. The lowest BCUT2D eigenvalue weighted by Crippen LogP contribution is -2.17. The average Bonchev–Trinajstić information content (AvgIpc) is 3.28. The van der Waals surface area contributed by atoms with Gasteiger partial charge in [-0.15, -0.1) is 0 Å². The molecule has 0 spiro atoms. The molecule has 1 amide bonds. The Balaban J connectivity index is 1.42. The van der Waals surface area contributed by atoms with Crippen molar-refractivity contribution in [2.45, 2.75) is 0 Å². The van der Waals surface area contributed by atoms with Crippen LogP contribution < -0.4 is 19.6 Å². The second kappa shape index (κ2) is 9.93. The van der Waals surface area contributed by atoms with Crippen molar-refractivity contribution in [1.29, 1.82) is 0 Å². The van der Waals surface area contributed by atoms with Gasteiger partial charge in [-0.1, -0.05) is 46.3 Å². The van der Waals surface area contributed by atoms with Crippen LogP contribution >= 0.6 is 15.9 Å². The van der Waals surface area contributed by atoms with Gasteiger partial charge in [0.15, 0.2) is 11.5 Å². The van der Waals surface area contributed by atoms with Gasteiger partial charge in [0, 0.05) is 21.7 Å². The number of halogens is 1. The highest BCUT2D eigenvalue weighted by atomic mass is 79.9. The van der Waals surface area contributed by atoms with E-state index in [-0.39, 0.29) is 6.79 Å². The van der Waals surface area contributed by atoms with E-state index in [0.29, 0.717) is 28.4 Å². The summed E-state index contributed by atoms with van der Waals surface area (Å²) in [7, 11) is 0. The van der Waals surface area contributed by atoms with E-state index in [1.165, 1.54) is 12.3 Å². The Hall–Kier alpha value is -3.91. The fourth-order valence-electron chi connectivity index (χ4n) is 2.85. The van der Waals surface area contributed by atoms with E-state index in [2.05, 4.69) is 26.5 Å². The number of amides is 1. The van der Waals surface area contributed by atoms with Gasteiger partial charge >= 0.3 is 5.97 Å². The largest absolute Gasteiger partial charge is 0.454 e. The predicted molar refractivity (Wildman–Crippen MR) is 123 cm³/mol. The zero-order chi connectivity index (χ0) is 22.3. The maximum atomic E-state index is 12.4. The van der Waals surface area contributed by atoms with Crippen molar-refractivity contribution < 1.29 is 23.8 Å². The molecule has 1 aliphatic heterocycles. The van der Waals surface area contributed by atoms with Crippen LogP contribution in [0, 0.1) is 0 Å². The Morgan fingerprint density at radius 2 is 1.81 bits per heavy atom. The third-order valence-electron chi connectivity index (χ3n) is 4.40. The van der Waals surface area contributed by atoms with Gasteiger partial charge in [0.1, 0.15) is 5.75 Å². The third kappa shape index (κ3) is 5.41. The predicted octanol–water partition coefficient (Wildman–Crippen LogP) is 4.56. The van der Waals surface area contributed by atoms with Gasteiger partial charge in [-0.3, -0.25) is 4.79 Å². The summed E-state index contributed by atoms with van der Waals surface area (Å²) in [4.78, 5) is 24.6.